The Morgan fingerprint density at radius 1 is 1.00 bits per heavy atom. The Labute approximate surface area is 117 Å². The van der Waals surface area contributed by atoms with Gasteiger partial charge in [0.15, 0.2) is 0 Å². The van der Waals surface area contributed by atoms with Gasteiger partial charge >= 0.3 is 0 Å². The summed E-state index contributed by atoms with van der Waals surface area (Å²) in [6, 6.07) is 11.8. The summed E-state index contributed by atoms with van der Waals surface area (Å²) in [4.78, 5) is 4.57. The Morgan fingerprint density at radius 2 is 1.76 bits per heavy atom. The maximum atomic E-state index is 5.87. The normalized spacial score (nSPS) is 10.9. The number of imidazole rings is 1. The number of hydrogen-bond acceptors (Lipinski definition) is 1. The van der Waals surface area contributed by atoms with Gasteiger partial charge in [0, 0.05) is 26.5 Å². The van der Waals surface area contributed by atoms with Gasteiger partial charge in [-0.05, 0) is 46.9 Å². The van der Waals surface area contributed by atoms with Gasteiger partial charge in [0.25, 0.3) is 0 Å². The molecule has 4 heteroatoms. The van der Waals surface area contributed by atoms with Gasteiger partial charge in [0.1, 0.15) is 5.65 Å². The largest absolute Gasteiger partial charge is 0.305 e. The summed E-state index contributed by atoms with van der Waals surface area (Å²) in [6.07, 6.45) is 4.09. The van der Waals surface area contributed by atoms with Crippen LogP contribution in [0, 0.1) is 3.57 Å². The van der Waals surface area contributed by atoms with Crippen LogP contribution >= 0.6 is 34.2 Å². The van der Waals surface area contributed by atoms with Crippen molar-refractivity contribution in [3.05, 3.63) is 57.4 Å². The van der Waals surface area contributed by atoms with Crippen LogP contribution in [0.5, 0.6) is 0 Å². The molecule has 2 nitrogen and oxygen atoms in total. The minimum absolute atomic E-state index is 0.743. The summed E-state index contributed by atoms with van der Waals surface area (Å²) in [7, 11) is 0. The van der Waals surface area contributed by atoms with Crippen molar-refractivity contribution in [2.75, 3.05) is 0 Å². The van der Waals surface area contributed by atoms with E-state index in [1.807, 2.05) is 40.9 Å². The second-order valence-electron chi connectivity index (χ2n) is 3.75. The molecule has 17 heavy (non-hydrogen) atoms. The molecule has 0 aliphatic heterocycles. The van der Waals surface area contributed by atoms with Crippen LogP contribution in [0.25, 0.3) is 16.9 Å². The number of halogens is 2. The van der Waals surface area contributed by atoms with Crippen molar-refractivity contribution in [1.29, 1.82) is 0 Å². The van der Waals surface area contributed by atoms with Gasteiger partial charge in [-0.2, -0.15) is 0 Å². The van der Waals surface area contributed by atoms with E-state index in [4.69, 9.17) is 11.6 Å². The standard InChI is InChI=1S/C13H8ClIN2/c14-10-3-1-9(2-4-10)12-8-17-7-11(15)5-6-13(17)16-12/h1-8H. The topological polar surface area (TPSA) is 17.3 Å². The molecule has 84 valence electrons. The van der Waals surface area contributed by atoms with E-state index < -0.39 is 0 Å². The fourth-order valence-corrected chi connectivity index (χ4v) is 2.33. The predicted molar refractivity (Wildman–Crippen MR) is 78.4 cm³/mol. The molecule has 0 unspecified atom stereocenters. The SMILES string of the molecule is Clc1ccc(-c2cn3cc(I)ccc3n2)cc1. The first-order valence-corrected chi connectivity index (χ1v) is 6.58. The lowest BCUT2D eigenvalue weighted by Gasteiger charge is -1.95. The molecular formula is C13H8ClIN2. The molecule has 2 aromatic heterocycles. The van der Waals surface area contributed by atoms with Crippen LogP contribution in [0.2, 0.25) is 5.02 Å². The average Bonchev–Trinajstić information content (AvgIpc) is 2.72. The molecular weight excluding hydrogens is 347 g/mol. The van der Waals surface area contributed by atoms with Crippen molar-refractivity contribution in [3.8, 4) is 11.3 Å². The highest BCUT2D eigenvalue weighted by atomic mass is 127. The maximum absolute atomic E-state index is 5.87. The average molecular weight is 355 g/mol. The van der Waals surface area contributed by atoms with Crippen LogP contribution in [-0.2, 0) is 0 Å². The highest BCUT2D eigenvalue weighted by Crippen LogP contribution is 2.21. The molecule has 0 saturated carbocycles. The van der Waals surface area contributed by atoms with Gasteiger partial charge < -0.3 is 4.40 Å². The van der Waals surface area contributed by atoms with Crippen LogP contribution in [0.15, 0.2) is 48.8 Å². The van der Waals surface area contributed by atoms with Crippen molar-refractivity contribution in [2.45, 2.75) is 0 Å². The molecule has 0 N–H and O–H groups in total. The number of pyridine rings is 1. The molecule has 3 rings (SSSR count). The third-order valence-corrected chi connectivity index (χ3v) is 3.45. The predicted octanol–water partition coefficient (Wildman–Crippen LogP) is 4.26. The molecule has 0 aliphatic carbocycles. The maximum Gasteiger partial charge on any atom is 0.137 e. The number of hydrogen-bond donors (Lipinski definition) is 0. The van der Waals surface area contributed by atoms with E-state index in [-0.39, 0.29) is 0 Å². The van der Waals surface area contributed by atoms with Crippen molar-refractivity contribution in [1.82, 2.24) is 9.38 Å². The number of aromatic nitrogens is 2. The van der Waals surface area contributed by atoms with Crippen LogP contribution < -0.4 is 0 Å². The molecule has 0 amide bonds. The minimum atomic E-state index is 0.743. The summed E-state index contributed by atoms with van der Waals surface area (Å²) in [6.45, 7) is 0. The third-order valence-electron chi connectivity index (χ3n) is 2.55. The van der Waals surface area contributed by atoms with Crippen molar-refractivity contribution < 1.29 is 0 Å². The van der Waals surface area contributed by atoms with E-state index in [1.54, 1.807) is 0 Å². The molecule has 0 fully saturated rings. The first-order valence-electron chi connectivity index (χ1n) is 5.12. The minimum Gasteiger partial charge on any atom is -0.305 e. The molecule has 0 spiro atoms. The van der Waals surface area contributed by atoms with Gasteiger partial charge in [0.05, 0.1) is 5.69 Å². The highest BCUT2D eigenvalue weighted by Gasteiger charge is 2.04. The summed E-state index contributed by atoms with van der Waals surface area (Å²) in [5, 5.41) is 0.743. The highest BCUT2D eigenvalue weighted by molar-refractivity contribution is 14.1. The quantitative estimate of drug-likeness (QED) is 0.597. The van der Waals surface area contributed by atoms with E-state index in [2.05, 4.69) is 39.8 Å². The van der Waals surface area contributed by atoms with Crippen LogP contribution in [-0.4, -0.2) is 9.38 Å². The monoisotopic (exact) mass is 354 g/mol. The molecule has 0 atom stereocenters. The lowest BCUT2D eigenvalue weighted by molar-refractivity contribution is 1.17. The summed E-state index contributed by atoms with van der Waals surface area (Å²) < 4.78 is 3.22. The summed E-state index contributed by atoms with van der Waals surface area (Å²) in [5.41, 5.74) is 2.99. The Balaban J connectivity index is 2.14. The molecule has 1 aromatic carbocycles. The fourth-order valence-electron chi connectivity index (χ4n) is 1.72. The Morgan fingerprint density at radius 3 is 2.53 bits per heavy atom. The van der Waals surface area contributed by atoms with Crippen molar-refractivity contribution in [3.63, 3.8) is 0 Å². The number of fused-ring (bicyclic) bond motifs is 1. The van der Waals surface area contributed by atoms with Crippen LogP contribution in [0.4, 0.5) is 0 Å². The molecule has 0 saturated heterocycles. The zero-order chi connectivity index (χ0) is 11.8. The Hall–Kier alpha value is -1.07. The molecule has 2 heterocycles. The molecule has 0 aliphatic rings. The zero-order valence-electron chi connectivity index (χ0n) is 8.77. The van der Waals surface area contributed by atoms with Gasteiger partial charge in [0.2, 0.25) is 0 Å². The number of rotatable bonds is 1. The van der Waals surface area contributed by atoms with Crippen LogP contribution in [0.1, 0.15) is 0 Å². The van der Waals surface area contributed by atoms with E-state index >= 15 is 0 Å². The molecule has 0 bridgehead atoms. The van der Waals surface area contributed by atoms with E-state index in [1.165, 1.54) is 3.57 Å². The smallest absolute Gasteiger partial charge is 0.137 e. The second kappa shape index (κ2) is 4.31. The van der Waals surface area contributed by atoms with Gasteiger partial charge in [-0.15, -0.1) is 0 Å². The summed E-state index contributed by atoms with van der Waals surface area (Å²) >= 11 is 8.16. The Bertz CT molecular complexity index is 673. The summed E-state index contributed by atoms with van der Waals surface area (Å²) in [5.74, 6) is 0. The lowest BCUT2D eigenvalue weighted by Crippen LogP contribution is -1.82. The molecule has 3 aromatic rings. The van der Waals surface area contributed by atoms with E-state index in [0.717, 1.165) is 21.9 Å². The first kappa shape index (κ1) is 11.0. The van der Waals surface area contributed by atoms with Crippen molar-refractivity contribution >= 4 is 39.8 Å². The van der Waals surface area contributed by atoms with Gasteiger partial charge in [-0.25, -0.2) is 4.98 Å². The van der Waals surface area contributed by atoms with E-state index in [9.17, 15) is 0 Å². The van der Waals surface area contributed by atoms with Crippen molar-refractivity contribution in [2.24, 2.45) is 0 Å². The van der Waals surface area contributed by atoms with Gasteiger partial charge in [-0.1, -0.05) is 23.7 Å². The third kappa shape index (κ3) is 2.17. The second-order valence-corrected chi connectivity index (χ2v) is 5.43. The molecule has 0 radical (unpaired) electrons. The number of nitrogens with zero attached hydrogens (tertiary/aromatic N) is 2. The lowest BCUT2D eigenvalue weighted by atomic mass is 10.2. The number of benzene rings is 1. The van der Waals surface area contributed by atoms with Gasteiger partial charge in [-0.3, -0.25) is 0 Å². The zero-order valence-corrected chi connectivity index (χ0v) is 11.7. The van der Waals surface area contributed by atoms with E-state index in [0.29, 0.717) is 0 Å². The van der Waals surface area contributed by atoms with Crippen LogP contribution in [0.3, 0.4) is 0 Å². The fraction of sp³-hybridized carbons (Fsp3) is 0. The Kier molecular flexibility index (Phi) is 2.80. The first-order chi connectivity index (χ1) is 8.22.